The topological polar surface area (TPSA) is 57.9 Å². The Bertz CT molecular complexity index is 924. The third-order valence-corrected chi connectivity index (χ3v) is 3.91. The number of esters is 1. The van der Waals surface area contributed by atoms with E-state index in [1.54, 1.807) is 19.3 Å². The van der Waals surface area contributed by atoms with Gasteiger partial charge in [-0.2, -0.15) is 0 Å². The summed E-state index contributed by atoms with van der Waals surface area (Å²) in [6.45, 7) is 4.68. The van der Waals surface area contributed by atoms with Gasteiger partial charge < -0.3 is 18.6 Å². The van der Waals surface area contributed by atoms with Crippen molar-refractivity contribution >= 4 is 23.0 Å². The summed E-state index contributed by atoms with van der Waals surface area (Å²) in [4.78, 5) is 12.1. The van der Waals surface area contributed by atoms with E-state index in [4.69, 9.17) is 18.6 Å². The van der Waals surface area contributed by atoms with E-state index in [1.807, 2.05) is 55.5 Å². The van der Waals surface area contributed by atoms with Crippen molar-refractivity contribution < 1.29 is 23.4 Å². The number of ether oxygens (including phenoxy) is 3. The smallest absolute Gasteiger partial charge is 0.373 e. The van der Waals surface area contributed by atoms with Gasteiger partial charge in [-0.15, -0.1) is 0 Å². The molecule has 0 fully saturated rings. The zero-order valence-electron chi connectivity index (χ0n) is 15.4. The first-order valence-electron chi connectivity index (χ1n) is 8.91. The van der Waals surface area contributed by atoms with E-state index in [9.17, 15) is 4.79 Å². The normalized spacial score (nSPS) is 11.4. The van der Waals surface area contributed by atoms with Gasteiger partial charge in [0.1, 0.15) is 17.9 Å². The number of hydrogen-bond donors (Lipinski definition) is 0. The van der Waals surface area contributed by atoms with Gasteiger partial charge in [0.05, 0.1) is 24.9 Å². The van der Waals surface area contributed by atoms with Gasteiger partial charge in [0.2, 0.25) is 5.76 Å². The molecule has 2 aromatic carbocycles. The molecule has 3 aromatic rings. The van der Waals surface area contributed by atoms with E-state index >= 15 is 0 Å². The minimum absolute atomic E-state index is 0.148. The second kappa shape index (κ2) is 8.94. The maximum Gasteiger partial charge on any atom is 0.373 e. The van der Waals surface area contributed by atoms with E-state index in [1.165, 1.54) is 0 Å². The van der Waals surface area contributed by atoms with E-state index in [0.717, 1.165) is 16.5 Å². The largest absolute Gasteiger partial charge is 0.488 e. The van der Waals surface area contributed by atoms with Crippen LogP contribution in [0.2, 0.25) is 0 Å². The number of furan rings is 1. The Hall–Kier alpha value is -3.21. The SMILES string of the molecule is CCOC(=O)C(=Cc1ccc(OCc2ccccc2)c2ccoc12)OCC. The van der Waals surface area contributed by atoms with Crippen molar-refractivity contribution in [1.29, 1.82) is 0 Å². The Balaban J connectivity index is 1.89. The number of hydrogen-bond acceptors (Lipinski definition) is 5. The highest BCUT2D eigenvalue weighted by Crippen LogP contribution is 2.31. The Morgan fingerprint density at radius 3 is 2.52 bits per heavy atom. The van der Waals surface area contributed by atoms with Crippen LogP contribution < -0.4 is 4.74 Å². The average molecular weight is 366 g/mol. The molecule has 0 atom stereocenters. The van der Waals surface area contributed by atoms with Crippen LogP contribution in [0.1, 0.15) is 25.0 Å². The number of carbonyl (C=O) groups excluding carboxylic acids is 1. The third-order valence-electron chi connectivity index (χ3n) is 3.91. The van der Waals surface area contributed by atoms with Crippen LogP contribution in [0.5, 0.6) is 5.75 Å². The minimum atomic E-state index is -0.497. The van der Waals surface area contributed by atoms with Crippen LogP contribution >= 0.6 is 0 Å². The minimum Gasteiger partial charge on any atom is -0.488 e. The second-order valence-electron chi connectivity index (χ2n) is 5.75. The molecule has 0 aliphatic rings. The lowest BCUT2D eigenvalue weighted by atomic mass is 10.1. The van der Waals surface area contributed by atoms with Crippen LogP contribution in [0, 0.1) is 0 Å². The van der Waals surface area contributed by atoms with Crippen LogP contribution in [0.4, 0.5) is 0 Å². The molecule has 0 aliphatic carbocycles. The highest BCUT2D eigenvalue weighted by molar-refractivity contribution is 5.96. The molecule has 27 heavy (non-hydrogen) atoms. The fourth-order valence-electron chi connectivity index (χ4n) is 2.69. The zero-order chi connectivity index (χ0) is 19.1. The molecular formula is C22H22O5. The highest BCUT2D eigenvalue weighted by Gasteiger charge is 2.15. The summed E-state index contributed by atoms with van der Waals surface area (Å²) < 4.78 is 22.1. The molecule has 0 saturated carbocycles. The predicted octanol–water partition coefficient (Wildman–Crippen LogP) is 4.95. The van der Waals surface area contributed by atoms with Crippen LogP contribution in [0.15, 0.2) is 65.0 Å². The van der Waals surface area contributed by atoms with Gasteiger partial charge in [0.15, 0.2) is 0 Å². The summed E-state index contributed by atoms with van der Waals surface area (Å²) >= 11 is 0. The van der Waals surface area contributed by atoms with Gasteiger partial charge >= 0.3 is 5.97 Å². The van der Waals surface area contributed by atoms with Crippen molar-refractivity contribution in [3.05, 3.63) is 71.7 Å². The lowest BCUT2D eigenvalue weighted by Crippen LogP contribution is -2.10. The van der Waals surface area contributed by atoms with E-state index in [2.05, 4.69) is 0 Å². The third kappa shape index (κ3) is 4.50. The Kier molecular flexibility index (Phi) is 6.15. The molecule has 1 heterocycles. The van der Waals surface area contributed by atoms with Crippen molar-refractivity contribution in [3.8, 4) is 5.75 Å². The van der Waals surface area contributed by atoms with Gasteiger partial charge in [-0.25, -0.2) is 4.79 Å². The summed E-state index contributed by atoms with van der Waals surface area (Å²) in [6.07, 6.45) is 3.23. The van der Waals surface area contributed by atoms with E-state index < -0.39 is 5.97 Å². The molecule has 0 radical (unpaired) electrons. The van der Waals surface area contributed by atoms with E-state index in [-0.39, 0.29) is 12.4 Å². The molecule has 1 aromatic heterocycles. The van der Waals surface area contributed by atoms with Crippen LogP contribution in [-0.4, -0.2) is 19.2 Å². The molecule has 0 bridgehead atoms. The molecule has 140 valence electrons. The van der Waals surface area contributed by atoms with Crippen molar-refractivity contribution in [2.24, 2.45) is 0 Å². The summed E-state index contributed by atoms with van der Waals surface area (Å²) in [5.41, 5.74) is 2.43. The fraction of sp³-hybridized carbons (Fsp3) is 0.227. The van der Waals surface area contributed by atoms with Gasteiger partial charge in [0.25, 0.3) is 0 Å². The first-order valence-corrected chi connectivity index (χ1v) is 8.91. The summed E-state index contributed by atoms with van der Waals surface area (Å²) in [5.74, 6) is 0.368. The number of fused-ring (bicyclic) bond motifs is 1. The first kappa shape index (κ1) is 18.6. The standard InChI is InChI=1S/C22H22O5/c1-3-24-20(22(23)25-4-2)14-17-10-11-19(18-12-13-26-21(17)18)27-15-16-8-6-5-7-9-16/h5-14H,3-4,15H2,1-2H3. The van der Waals surface area contributed by atoms with Crippen LogP contribution in [0.3, 0.4) is 0 Å². The molecule has 3 rings (SSSR count). The van der Waals surface area contributed by atoms with E-state index in [0.29, 0.717) is 24.5 Å². The first-order chi connectivity index (χ1) is 13.2. The Labute approximate surface area is 158 Å². The molecule has 0 amide bonds. The molecule has 0 unspecified atom stereocenters. The average Bonchev–Trinajstić information content (AvgIpc) is 3.18. The van der Waals surface area contributed by atoms with Crippen molar-refractivity contribution in [2.45, 2.75) is 20.5 Å². The number of rotatable bonds is 8. The summed E-state index contributed by atoms with van der Waals surface area (Å²) in [7, 11) is 0. The van der Waals surface area contributed by atoms with Crippen LogP contribution in [0.25, 0.3) is 17.0 Å². The van der Waals surface area contributed by atoms with Gasteiger partial charge in [-0.1, -0.05) is 30.3 Å². The van der Waals surface area contributed by atoms with Gasteiger partial charge in [-0.3, -0.25) is 0 Å². The summed E-state index contributed by atoms with van der Waals surface area (Å²) in [5, 5.41) is 0.833. The molecule has 0 aliphatic heterocycles. The lowest BCUT2D eigenvalue weighted by molar-refractivity contribution is -0.142. The maximum absolute atomic E-state index is 12.1. The van der Waals surface area contributed by atoms with Crippen LogP contribution in [-0.2, 0) is 20.9 Å². The molecule has 0 N–H and O–H groups in total. The second-order valence-corrected chi connectivity index (χ2v) is 5.75. The number of carbonyl (C=O) groups is 1. The molecular weight excluding hydrogens is 344 g/mol. The fourth-order valence-corrected chi connectivity index (χ4v) is 2.69. The zero-order valence-corrected chi connectivity index (χ0v) is 15.4. The molecule has 0 spiro atoms. The number of benzene rings is 2. The van der Waals surface area contributed by atoms with Gasteiger partial charge in [0, 0.05) is 5.56 Å². The Morgan fingerprint density at radius 2 is 1.78 bits per heavy atom. The monoisotopic (exact) mass is 366 g/mol. The maximum atomic E-state index is 12.1. The molecule has 5 nitrogen and oxygen atoms in total. The lowest BCUT2D eigenvalue weighted by Gasteiger charge is -2.10. The molecule has 0 saturated heterocycles. The van der Waals surface area contributed by atoms with Gasteiger partial charge in [-0.05, 0) is 43.7 Å². The van der Waals surface area contributed by atoms with Crippen molar-refractivity contribution in [2.75, 3.05) is 13.2 Å². The molecule has 5 heteroatoms. The summed E-state index contributed by atoms with van der Waals surface area (Å²) in [6, 6.07) is 15.5. The quantitative estimate of drug-likeness (QED) is 0.321. The van der Waals surface area contributed by atoms with Crippen molar-refractivity contribution in [1.82, 2.24) is 0 Å². The predicted molar refractivity (Wildman–Crippen MR) is 103 cm³/mol. The Morgan fingerprint density at radius 1 is 1.00 bits per heavy atom. The van der Waals surface area contributed by atoms with Crippen molar-refractivity contribution in [3.63, 3.8) is 0 Å². The highest BCUT2D eigenvalue weighted by atomic mass is 16.6.